The number of carboxylic acid groups (broad SMARTS) is 1. The molecule has 2 rings (SSSR count). The van der Waals surface area contributed by atoms with Crippen LogP contribution in [0.5, 0.6) is 5.75 Å². The number of ether oxygens (including phenoxy) is 2. The smallest absolute Gasteiger partial charge is 0.335 e. The molecule has 0 saturated heterocycles. The van der Waals surface area contributed by atoms with Crippen molar-refractivity contribution < 1.29 is 19.4 Å². The highest BCUT2D eigenvalue weighted by atomic mass is 16.5. The molecule has 1 aromatic carbocycles. The highest BCUT2D eigenvalue weighted by Gasteiger charge is 2.22. The zero-order chi connectivity index (χ0) is 15.8. The van der Waals surface area contributed by atoms with Crippen molar-refractivity contribution in [3.8, 4) is 5.75 Å². The molecule has 1 aromatic rings. The standard InChI is InChI=1S/C18H26O4/c1-2-3-12-21-16-8-4-14(5-9-16)13-22-17-10-6-15(7-11-17)18(19)20/h6-7,10-11,14,16H,2-5,8-9,12-13H2,1H3,(H,19,20). The molecule has 4 heteroatoms. The normalized spacial score (nSPS) is 21.5. The van der Waals surface area contributed by atoms with Crippen LogP contribution in [0.4, 0.5) is 0 Å². The maximum atomic E-state index is 10.8. The maximum absolute atomic E-state index is 10.8. The molecule has 1 aliphatic rings. The van der Waals surface area contributed by atoms with Crippen molar-refractivity contribution in [2.45, 2.75) is 51.6 Å². The predicted molar refractivity (Wildman–Crippen MR) is 85.5 cm³/mol. The lowest BCUT2D eigenvalue weighted by atomic mass is 9.88. The Kier molecular flexibility index (Phi) is 6.72. The zero-order valence-corrected chi connectivity index (χ0v) is 13.3. The Bertz CT molecular complexity index is 447. The van der Waals surface area contributed by atoms with Crippen LogP contribution < -0.4 is 4.74 Å². The number of unbranched alkanes of at least 4 members (excludes halogenated alkanes) is 1. The lowest BCUT2D eigenvalue weighted by Gasteiger charge is -2.28. The van der Waals surface area contributed by atoms with Gasteiger partial charge in [0.05, 0.1) is 18.3 Å². The molecular formula is C18H26O4. The topological polar surface area (TPSA) is 55.8 Å². The van der Waals surface area contributed by atoms with E-state index in [2.05, 4.69) is 6.92 Å². The zero-order valence-electron chi connectivity index (χ0n) is 13.3. The summed E-state index contributed by atoms with van der Waals surface area (Å²) >= 11 is 0. The average molecular weight is 306 g/mol. The van der Waals surface area contributed by atoms with Crippen LogP contribution in [0.2, 0.25) is 0 Å². The van der Waals surface area contributed by atoms with Gasteiger partial charge in [0.25, 0.3) is 0 Å². The number of rotatable bonds is 8. The third kappa shape index (κ3) is 5.34. The number of benzene rings is 1. The molecule has 0 bridgehead atoms. The summed E-state index contributed by atoms with van der Waals surface area (Å²) in [5.41, 5.74) is 0.289. The fraction of sp³-hybridized carbons (Fsp3) is 0.611. The maximum Gasteiger partial charge on any atom is 0.335 e. The van der Waals surface area contributed by atoms with E-state index < -0.39 is 5.97 Å². The fourth-order valence-corrected chi connectivity index (χ4v) is 2.77. The van der Waals surface area contributed by atoms with E-state index in [0.29, 0.717) is 18.6 Å². The molecule has 0 unspecified atom stereocenters. The summed E-state index contributed by atoms with van der Waals surface area (Å²) in [6.07, 6.45) is 7.29. The van der Waals surface area contributed by atoms with E-state index in [1.165, 1.54) is 6.42 Å². The molecule has 0 aliphatic heterocycles. The molecule has 0 amide bonds. The van der Waals surface area contributed by atoms with Crippen molar-refractivity contribution in [2.75, 3.05) is 13.2 Å². The molecule has 1 aliphatic carbocycles. The number of carbonyl (C=O) groups is 1. The second kappa shape index (κ2) is 8.79. The van der Waals surface area contributed by atoms with Crippen LogP contribution in [0.1, 0.15) is 55.8 Å². The first-order chi connectivity index (χ1) is 10.7. The highest BCUT2D eigenvalue weighted by Crippen LogP contribution is 2.27. The van der Waals surface area contributed by atoms with Gasteiger partial charge in [-0.25, -0.2) is 4.79 Å². The second-order valence-electron chi connectivity index (χ2n) is 6.01. The van der Waals surface area contributed by atoms with Crippen LogP contribution in [0.15, 0.2) is 24.3 Å². The Labute approximate surface area is 132 Å². The van der Waals surface area contributed by atoms with Crippen LogP contribution in [0.25, 0.3) is 0 Å². The SMILES string of the molecule is CCCCOC1CCC(COc2ccc(C(=O)O)cc2)CC1. The van der Waals surface area contributed by atoms with Gasteiger partial charge >= 0.3 is 5.97 Å². The van der Waals surface area contributed by atoms with Crippen molar-refractivity contribution in [1.82, 2.24) is 0 Å². The first-order valence-electron chi connectivity index (χ1n) is 8.26. The van der Waals surface area contributed by atoms with E-state index in [1.807, 2.05) is 0 Å². The molecule has 0 spiro atoms. The quantitative estimate of drug-likeness (QED) is 0.733. The van der Waals surface area contributed by atoms with Gasteiger partial charge in [-0.1, -0.05) is 13.3 Å². The molecule has 1 fully saturated rings. The number of hydrogen-bond donors (Lipinski definition) is 1. The van der Waals surface area contributed by atoms with E-state index in [0.717, 1.165) is 44.5 Å². The van der Waals surface area contributed by atoms with Gasteiger partial charge in [0.2, 0.25) is 0 Å². The van der Waals surface area contributed by atoms with Crippen LogP contribution in [-0.4, -0.2) is 30.4 Å². The molecular weight excluding hydrogens is 280 g/mol. The minimum Gasteiger partial charge on any atom is -0.493 e. The third-order valence-corrected chi connectivity index (χ3v) is 4.23. The number of hydrogen-bond acceptors (Lipinski definition) is 3. The lowest BCUT2D eigenvalue weighted by Crippen LogP contribution is -2.25. The van der Waals surface area contributed by atoms with Gasteiger partial charge in [0.15, 0.2) is 0 Å². The second-order valence-corrected chi connectivity index (χ2v) is 6.01. The lowest BCUT2D eigenvalue weighted by molar-refractivity contribution is 0.0116. The van der Waals surface area contributed by atoms with E-state index in [-0.39, 0.29) is 5.56 Å². The summed E-state index contributed by atoms with van der Waals surface area (Å²) in [6, 6.07) is 6.61. The van der Waals surface area contributed by atoms with Gasteiger partial charge in [-0.2, -0.15) is 0 Å². The highest BCUT2D eigenvalue weighted by molar-refractivity contribution is 5.87. The molecule has 122 valence electrons. The molecule has 1 N–H and O–H groups in total. The van der Waals surface area contributed by atoms with Crippen molar-refractivity contribution in [2.24, 2.45) is 5.92 Å². The number of aromatic carboxylic acids is 1. The number of carboxylic acids is 1. The largest absolute Gasteiger partial charge is 0.493 e. The fourth-order valence-electron chi connectivity index (χ4n) is 2.77. The first kappa shape index (κ1) is 16.8. The third-order valence-electron chi connectivity index (χ3n) is 4.23. The van der Waals surface area contributed by atoms with E-state index in [1.54, 1.807) is 24.3 Å². The Morgan fingerprint density at radius 3 is 2.45 bits per heavy atom. The van der Waals surface area contributed by atoms with Gasteiger partial charge in [-0.3, -0.25) is 0 Å². The van der Waals surface area contributed by atoms with Crippen molar-refractivity contribution in [3.63, 3.8) is 0 Å². The molecule has 0 atom stereocenters. The minimum atomic E-state index is -0.909. The van der Waals surface area contributed by atoms with Crippen LogP contribution in [0, 0.1) is 5.92 Å². The van der Waals surface area contributed by atoms with Crippen molar-refractivity contribution in [3.05, 3.63) is 29.8 Å². The Morgan fingerprint density at radius 2 is 1.86 bits per heavy atom. The van der Waals surface area contributed by atoms with Crippen molar-refractivity contribution >= 4 is 5.97 Å². The van der Waals surface area contributed by atoms with E-state index in [9.17, 15) is 4.79 Å². The van der Waals surface area contributed by atoms with E-state index >= 15 is 0 Å². The van der Waals surface area contributed by atoms with E-state index in [4.69, 9.17) is 14.6 Å². The van der Waals surface area contributed by atoms with Gasteiger partial charge in [0.1, 0.15) is 5.75 Å². The minimum absolute atomic E-state index is 0.289. The van der Waals surface area contributed by atoms with Crippen LogP contribution >= 0.6 is 0 Å². The summed E-state index contributed by atoms with van der Waals surface area (Å²) < 4.78 is 11.7. The first-order valence-corrected chi connectivity index (χ1v) is 8.26. The predicted octanol–water partition coefficient (Wildman–Crippen LogP) is 4.14. The Hall–Kier alpha value is -1.55. The summed E-state index contributed by atoms with van der Waals surface area (Å²) in [5, 5.41) is 8.86. The molecule has 0 aromatic heterocycles. The van der Waals surface area contributed by atoms with Gasteiger partial charge in [-0.15, -0.1) is 0 Å². The monoisotopic (exact) mass is 306 g/mol. The molecule has 1 saturated carbocycles. The molecule has 22 heavy (non-hydrogen) atoms. The molecule has 4 nitrogen and oxygen atoms in total. The van der Waals surface area contributed by atoms with Crippen LogP contribution in [-0.2, 0) is 4.74 Å². The summed E-state index contributed by atoms with van der Waals surface area (Å²) in [7, 11) is 0. The molecule has 0 heterocycles. The summed E-state index contributed by atoms with van der Waals surface area (Å²) in [4.78, 5) is 10.8. The Balaban J connectivity index is 1.67. The van der Waals surface area contributed by atoms with Gasteiger partial charge < -0.3 is 14.6 Å². The van der Waals surface area contributed by atoms with Gasteiger partial charge in [-0.05, 0) is 62.3 Å². The Morgan fingerprint density at radius 1 is 1.18 bits per heavy atom. The summed E-state index contributed by atoms with van der Waals surface area (Å²) in [5.74, 6) is 0.407. The molecule has 0 radical (unpaired) electrons. The van der Waals surface area contributed by atoms with Crippen LogP contribution in [0.3, 0.4) is 0 Å². The average Bonchev–Trinajstić information content (AvgIpc) is 2.55. The van der Waals surface area contributed by atoms with Gasteiger partial charge in [0, 0.05) is 6.61 Å². The van der Waals surface area contributed by atoms with Crippen molar-refractivity contribution in [1.29, 1.82) is 0 Å². The summed E-state index contributed by atoms with van der Waals surface area (Å²) in [6.45, 7) is 3.77.